The number of ether oxygens (including phenoxy) is 1. The Morgan fingerprint density at radius 1 is 1.17 bits per heavy atom. The molecule has 9 nitrogen and oxygen atoms in total. The maximum atomic E-state index is 12.4. The smallest absolute Gasteiger partial charge is 0.311 e. The molecule has 3 rings (SSSR count). The minimum atomic E-state index is -0.375. The molecule has 0 saturated heterocycles. The summed E-state index contributed by atoms with van der Waals surface area (Å²) in [5.41, 5.74) is 9.13. The zero-order valence-electron chi connectivity index (χ0n) is 19.1. The predicted octanol–water partition coefficient (Wildman–Crippen LogP) is 4.07. The molecule has 2 heterocycles. The van der Waals surface area contributed by atoms with E-state index < -0.39 is 0 Å². The Labute approximate surface area is 211 Å². The molecule has 3 aromatic rings. The van der Waals surface area contributed by atoms with Crippen LogP contribution < -0.4 is 11.1 Å². The van der Waals surface area contributed by atoms with E-state index in [4.69, 9.17) is 10.5 Å². The molecule has 0 unspecified atom stereocenters. The van der Waals surface area contributed by atoms with E-state index in [9.17, 15) is 20.1 Å². The number of aromatic nitrogens is 2. The predicted molar refractivity (Wildman–Crippen MR) is 135 cm³/mol. The van der Waals surface area contributed by atoms with Gasteiger partial charge in [0.15, 0.2) is 5.13 Å². The van der Waals surface area contributed by atoms with Crippen molar-refractivity contribution in [3.63, 3.8) is 0 Å². The number of amides is 1. The highest BCUT2D eigenvalue weighted by atomic mass is 32.2. The molecular weight excluding hydrogens is 484 g/mol. The Bertz CT molecular complexity index is 1320. The molecule has 0 saturated carbocycles. The van der Waals surface area contributed by atoms with Gasteiger partial charge in [0.2, 0.25) is 5.91 Å². The number of nitrogens with two attached hydrogens (primary N) is 1. The summed E-state index contributed by atoms with van der Waals surface area (Å²) in [4.78, 5) is 32.4. The number of esters is 1. The lowest BCUT2D eigenvalue weighted by Crippen LogP contribution is -2.13. The number of hydrogen-bond donors (Lipinski definition) is 2. The van der Waals surface area contributed by atoms with Crippen LogP contribution in [0.5, 0.6) is 0 Å². The zero-order valence-corrected chi connectivity index (χ0v) is 20.8. The second kappa shape index (κ2) is 12.0. The molecule has 0 aliphatic heterocycles. The summed E-state index contributed by atoms with van der Waals surface area (Å²) in [6.45, 7) is 3.97. The Morgan fingerprint density at radius 2 is 1.89 bits per heavy atom. The minimum Gasteiger partial charge on any atom is -0.466 e. The van der Waals surface area contributed by atoms with Crippen LogP contribution in [0.3, 0.4) is 0 Å². The van der Waals surface area contributed by atoms with E-state index in [1.54, 1.807) is 12.3 Å². The molecule has 2 aromatic heterocycles. The lowest BCUT2D eigenvalue weighted by Gasteiger charge is -2.13. The van der Waals surface area contributed by atoms with Gasteiger partial charge in [-0.3, -0.25) is 9.59 Å². The molecule has 178 valence electrons. The van der Waals surface area contributed by atoms with Crippen LogP contribution in [0.2, 0.25) is 0 Å². The van der Waals surface area contributed by atoms with Gasteiger partial charge in [0.05, 0.1) is 24.3 Å². The number of pyridine rings is 1. The highest BCUT2D eigenvalue weighted by molar-refractivity contribution is 7.99. The van der Waals surface area contributed by atoms with Crippen LogP contribution in [0, 0.1) is 29.6 Å². The Morgan fingerprint density at radius 3 is 2.54 bits per heavy atom. The number of thioether (sulfide) groups is 1. The van der Waals surface area contributed by atoms with Gasteiger partial charge >= 0.3 is 5.97 Å². The topological polar surface area (TPSA) is 155 Å². The molecule has 0 spiro atoms. The molecule has 0 aliphatic carbocycles. The van der Waals surface area contributed by atoms with Gasteiger partial charge in [0.25, 0.3) is 0 Å². The molecule has 0 atom stereocenters. The van der Waals surface area contributed by atoms with Crippen LogP contribution in [-0.4, -0.2) is 34.2 Å². The number of anilines is 2. The van der Waals surface area contributed by atoms with Gasteiger partial charge in [-0.25, -0.2) is 9.97 Å². The maximum absolute atomic E-state index is 12.4. The first-order valence-electron chi connectivity index (χ1n) is 10.6. The molecule has 3 N–H and O–H groups in total. The van der Waals surface area contributed by atoms with Gasteiger partial charge in [0, 0.05) is 23.1 Å². The summed E-state index contributed by atoms with van der Waals surface area (Å²) in [5, 5.41) is 24.6. The van der Waals surface area contributed by atoms with Crippen molar-refractivity contribution in [3.05, 3.63) is 52.0 Å². The van der Waals surface area contributed by atoms with Gasteiger partial charge in [-0.05, 0) is 19.4 Å². The van der Waals surface area contributed by atoms with Gasteiger partial charge in [-0.2, -0.15) is 10.5 Å². The van der Waals surface area contributed by atoms with Crippen molar-refractivity contribution in [2.24, 2.45) is 0 Å². The Balaban J connectivity index is 1.69. The molecule has 35 heavy (non-hydrogen) atoms. The van der Waals surface area contributed by atoms with Crippen LogP contribution >= 0.6 is 23.1 Å². The van der Waals surface area contributed by atoms with E-state index in [-0.39, 0.29) is 41.7 Å². The molecule has 0 radical (unpaired) electrons. The number of thiazole rings is 1. The second-order valence-corrected chi connectivity index (χ2v) is 9.23. The first kappa shape index (κ1) is 25.7. The highest BCUT2D eigenvalue weighted by Crippen LogP contribution is 2.35. The fourth-order valence-corrected chi connectivity index (χ4v) is 4.80. The van der Waals surface area contributed by atoms with E-state index in [0.717, 1.165) is 5.56 Å². The number of nitrogens with zero attached hydrogens (tertiary/aromatic N) is 4. The van der Waals surface area contributed by atoms with Crippen LogP contribution in [0.25, 0.3) is 11.1 Å². The summed E-state index contributed by atoms with van der Waals surface area (Å²) < 4.78 is 4.89. The van der Waals surface area contributed by atoms with Crippen molar-refractivity contribution in [2.75, 3.05) is 23.4 Å². The number of hydrogen-bond acceptors (Lipinski definition) is 10. The average molecular weight is 507 g/mol. The molecule has 1 aromatic carbocycles. The zero-order chi connectivity index (χ0) is 25.4. The van der Waals surface area contributed by atoms with Gasteiger partial charge in [-0.1, -0.05) is 29.8 Å². The number of rotatable bonds is 9. The van der Waals surface area contributed by atoms with Crippen LogP contribution in [0.4, 0.5) is 10.9 Å². The number of aryl methyl sites for hydroxylation is 1. The third-order valence-electron chi connectivity index (χ3n) is 4.75. The monoisotopic (exact) mass is 506 g/mol. The fourth-order valence-electron chi connectivity index (χ4n) is 3.14. The van der Waals surface area contributed by atoms with E-state index >= 15 is 0 Å². The Kier molecular flexibility index (Phi) is 8.79. The van der Waals surface area contributed by atoms with Gasteiger partial charge < -0.3 is 15.8 Å². The highest BCUT2D eigenvalue weighted by Gasteiger charge is 2.21. The fraction of sp³-hybridized carbons (Fsp3) is 0.250. The normalized spacial score (nSPS) is 10.3. The number of nitriles is 2. The molecule has 0 aliphatic rings. The lowest BCUT2D eigenvalue weighted by atomic mass is 9.96. The van der Waals surface area contributed by atoms with Crippen molar-refractivity contribution in [1.29, 1.82) is 10.5 Å². The van der Waals surface area contributed by atoms with E-state index in [1.165, 1.54) is 23.1 Å². The summed E-state index contributed by atoms with van der Waals surface area (Å²) in [6, 6.07) is 11.6. The third-order valence-corrected chi connectivity index (χ3v) is 6.54. The first-order chi connectivity index (χ1) is 16.9. The van der Waals surface area contributed by atoms with Gasteiger partial charge in [-0.15, -0.1) is 23.1 Å². The summed E-state index contributed by atoms with van der Waals surface area (Å²) in [6.07, 6.45) is 0.172. The largest absolute Gasteiger partial charge is 0.466 e. The molecular formula is C24H22N6O3S2. The summed E-state index contributed by atoms with van der Waals surface area (Å²) in [5.74, 6) is -0.285. The van der Waals surface area contributed by atoms with Crippen molar-refractivity contribution >= 4 is 45.9 Å². The van der Waals surface area contributed by atoms with Crippen LogP contribution in [-0.2, 0) is 20.7 Å². The average Bonchev–Trinajstić information content (AvgIpc) is 3.25. The summed E-state index contributed by atoms with van der Waals surface area (Å²) >= 11 is 2.43. The van der Waals surface area contributed by atoms with Crippen molar-refractivity contribution in [3.8, 4) is 23.3 Å². The van der Waals surface area contributed by atoms with E-state index in [0.29, 0.717) is 39.3 Å². The standard InChI is InChI=1S/C24H22N6O3S2/c1-3-33-20(32)10-16-13-35-24(28-16)29-19(31)8-9-34-23-18(12-26)21(17(11-25)22(27)30-23)15-6-4-14(2)5-7-15/h4-7,13H,3,8-10H2,1-2H3,(H2,27,30)(H,28,29,31). The van der Waals surface area contributed by atoms with Crippen LogP contribution in [0.15, 0.2) is 34.7 Å². The summed E-state index contributed by atoms with van der Waals surface area (Å²) in [7, 11) is 0. The van der Waals surface area contributed by atoms with Gasteiger partial charge in [0.1, 0.15) is 28.5 Å². The quantitative estimate of drug-likeness (QED) is 0.323. The Hall–Kier alpha value is -3.93. The molecule has 11 heteroatoms. The number of nitrogen functional groups attached to an aromatic ring is 1. The second-order valence-electron chi connectivity index (χ2n) is 7.29. The number of carbonyl (C=O) groups excluding carboxylic acids is 2. The first-order valence-corrected chi connectivity index (χ1v) is 12.5. The van der Waals surface area contributed by atoms with E-state index in [2.05, 4.69) is 27.4 Å². The molecule has 0 bridgehead atoms. The molecule has 0 fully saturated rings. The third kappa shape index (κ3) is 6.57. The number of carbonyl (C=O) groups is 2. The number of nitrogens with one attached hydrogen (secondary N) is 1. The lowest BCUT2D eigenvalue weighted by molar-refractivity contribution is -0.142. The van der Waals surface area contributed by atoms with E-state index in [1.807, 2.05) is 31.2 Å². The SMILES string of the molecule is CCOC(=O)Cc1csc(NC(=O)CCSc2nc(N)c(C#N)c(-c3ccc(C)cc3)c2C#N)n1. The van der Waals surface area contributed by atoms with Crippen LogP contribution in [0.1, 0.15) is 35.7 Å². The molecule has 1 amide bonds. The van der Waals surface area contributed by atoms with Crippen molar-refractivity contribution in [1.82, 2.24) is 9.97 Å². The van der Waals surface area contributed by atoms with Crippen molar-refractivity contribution < 1.29 is 14.3 Å². The van der Waals surface area contributed by atoms with Crippen molar-refractivity contribution in [2.45, 2.75) is 31.7 Å². The maximum Gasteiger partial charge on any atom is 0.311 e. The number of benzene rings is 1. The minimum absolute atomic E-state index is 0.0333.